The number of carbonyl (C=O) groups excluding carboxylic acids is 4. The number of imide groups is 2. The molecule has 10 heteroatoms. The van der Waals surface area contributed by atoms with E-state index in [4.69, 9.17) is 23.2 Å². The van der Waals surface area contributed by atoms with Gasteiger partial charge in [0.15, 0.2) is 0 Å². The minimum absolute atomic E-state index is 0.242. The maximum atomic E-state index is 13.1. The molecule has 0 saturated heterocycles. The van der Waals surface area contributed by atoms with Crippen LogP contribution in [0.15, 0.2) is 60.7 Å². The number of benzene rings is 4. The van der Waals surface area contributed by atoms with E-state index < -0.39 is 0 Å². The van der Waals surface area contributed by atoms with Crippen molar-refractivity contribution in [2.75, 3.05) is 24.6 Å². The Morgan fingerprint density at radius 1 is 0.526 bits per heavy atom. The molecule has 38 heavy (non-hydrogen) atoms. The molecule has 0 aliphatic carbocycles. The Hall–Kier alpha value is -3.04. The van der Waals surface area contributed by atoms with Crippen molar-refractivity contribution in [1.29, 1.82) is 0 Å². The number of carbonyl (C=O) groups is 4. The first-order chi connectivity index (χ1) is 18.4. The van der Waals surface area contributed by atoms with Crippen molar-refractivity contribution in [3.05, 3.63) is 93.0 Å². The summed E-state index contributed by atoms with van der Waals surface area (Å²) in [5.41, 5.74) is 1.87. The van der Waals surface area contributed by atoms with Gasteiger partial charge < -0.3 is 0 Å². The first-order valence-corrected chi connectivity index (χ1v) is 15.0. The second-order valence-corrected chi connectivity index (χ2v) is 12.3. The Morgan fingerprint density at radius 2 is 0.895 bits per heavy atom. The van der Waals surface area contributed by atoms with Crippen molar-refractivity contribution in [2.24, 2.45) is 0 Å². The standard InChI is InChI=1S/C28H18Cl2N2O4S2/c29-21-9-7-19-23-15(21)3-1-5-17(23)25(33)31(27(19)35)11-13-37-38-14-12-32-26(34)18-6-2-4-16-22(30)10-8-20(24(16)18)28(32)36/h1-10H,11-14H2. The van der Waals surface area contributed by atoms with Crippen LogP contribution in [-0.4, -0.2) is 58.0 Å². The maximum absolute atomic E-state index is 13.1. The van der Waals surface area contributed by atoms with Crippen LogP contribution in [0.3, 0.4) is 0 Å². The molecule has 4 aromatic carbocycles. The molecule has 4 aromatic rings. The lowest BCUT2D eigenvalue weighted by Gasteiger charge is -2.28. The van der Waals surface area contributed by atoms with Crippen LogP contribution in [-0.2, 0) is 0 Å². The van der Waals surface area contributed by atoms with Crippen LogP contribution in [0.4, 0.5) is 0 Å². The minimum Gasteiger partial charge on any atom is -0.273 e. The first kappa shape index (κ1) is 25.2. The third-order valence-corrected chi connectivity index (χ3v) is 9.78. The van der Waals surface area contributed by atoms with Crippen molar-refractivity contribution in [3.63, 3.8) is 0 Å². The lowest BCUT2D eigenvalue weighted by Crippen LogP contribution is -2.41. The summed E-state index contributed by atoms with van der Waals surface area (Å²) in [6.07, 6.45) is 0. The molecule has 0 spiro atoms. The van der Waals surface area contributed by atoms with E-state index in [1.54, 1.807) is 60.7 Å². The zero-order chi connectivity index (χ0) is 26.6. The van der Waals surface area contributed by atoms with Crippen LogP contribution in [0.25, 0.3) is 21.5 Å². The lowest BCUT2D eigenvalue weighted by atomic mass is 9.94. The second kappa shape index (κ2) is 9.93. The van der Waals surface area contributed by atoms with E-state index in [0.717, 1.165) is 0 Å². The van der Waals surface area contributed by atoms with Gasteiger partial charge in [-0.05, 0) is 36.4 Å². The van der Waals surface area contributed by atoms with Crippen LogP contribution < -0.4 is 0 Å². The van der Waals surface area contributed by atoms with E-state index in [1.807, 2.05) is 0 Å². The summed E-state index contributed by atoms with van der Waals surface area (Å²) in [6.45, 7) is 0.483. The molecule has 4 amide bonds. The quantitative estimate of drug-likeness (QED) is 0.140. The Balaban J connectivity index is 1.07. The predicted octanol–water partition coefficient (Wildman–Crippen LogP) is 6.57. The van der Waals surface area contributed by atoms with Gasteiger partial charge in [-0.2, -0.15) is 0 Å². The first-order valence-electron chi connectivity index (χ1n) is 11.8. The summed E-state index contributed by atoms with van der Waals surface area (Å²) in [5, 5.41) is 3.59. The molecule has 0 fully saturated rings. The highest BCUT2D eigenvalue weighted by Gasteiger charge is 2.34. The number of halogens is 2. The van der Waals surface area contributed by atoms with Gasteiger partial charge in [-0.3, -0.25) is 29.0 Å². The fourth-order valence-corrected chi connectivity index (χ4v) is 7.35. The third kappa shape index (κ3) is 3.98. The summed E-state index contributed by atoms with van der Waals surface area (Å²) in [7, 11) is 2.97. The van der Waals surface area contributed by atoms with Crippen molar-refractivity contribution in [2.45, 2.75) is 0 Å². The van der Waals surface area contributed by atoms with Gasteiger partial charge in [0.25, 0.3) is 23.6 Å². The second-order valence-electron chi connectivity index (χ2n) is 8.81. The normalized spacial score (nSPS) is 14.8. The molecule has 2 heterocycles. The topological polar surface area (TPSA) is 74.8 Å². The van der Waals surface area contributed by atoms with Crippen molar-refractivity contribution >= 4 is 90.0 Å². The van der Waals surface area contributed by atoms with Gasteiger partial charge in [-0.25, -0.2) is 0 Å². The molecule has 0 atom stereocenters. The average molecular weight is 582 g/mol. The zero-order valence-electron chi connectivity index (χ0n) is 19.7. The number of hydrogen-bond donors (Lipinski definition) is 0. The Bertz CT molecular complexity index is 1540. The van der Waals surface area contributed by atoms with Crippen LogP contribution in [0.1, 0.15) is 41.4 Å². The van der Waals surface area contributed by atoms with Gasteiger partial charge in [0.2, 0.25) is 0 Å². The number of amides is 4. The number of rotatable bonds is 7. The van der Waals surface area contributed by atoms with Gasteiger partial charge >= 0.3 is 0 Å². The molecule has 0 saturated carbocycles. The van der Waals surface area contributed by atoms with Crippen molar-refractivity contribution in [1.82, 2.24) is 9.80 Å². The van der Waals surface area contributed by atoms with Gasteiger partial charge in [0.05, 0.1) is 0 Å². The predicted molar refractivity (Wildman–Crippen MR) is 154 cm³/mol. The van der Waals surface area contributed by atoms with Crippen LogP contribution in [0.2, 0.25) is 10.0 Å². The molecule has 6 rings (SSSR count). The summed E-state index contributed by atoms with van der Waals surface area (Å²) in [5.74, 6) is -0.332. The van der Waals surface area contributed by atoms with Gasteiger partial charge in [0, 0.05) is 78.4 Å². The number of hydrogen-bond acceptors (Lipinski definition) is 6. The molecular formula is C28H18Cl2N2O4S2. The van der Waals surface area contributed by atoms with Crippen LogP contribution >= 0.6 is 44.8 Å². The summed E-state index contributed by atoms with van der Waals surface area (Å²) in [4.78, 5) is 54.8. The highest BCUT2D eigenvalue weighted by molar-refractivity contribution is 8.76. The highest BCUT2D eigenvalue weighted by atomic mass is 35.5. The van der Waals surface area contributed by atoms with Gasteiger partial charge in [0.1, 0.15) is 0 Å². The van der Waals surface area contributed by atoms with E-state index in [1.165, 1.54) is 31.4 Å². The van der Waals surface area contributed by atoms with Gasteiger partial charge in [-0.15, -0.1) is 0 Å². The molecule has 2 aliphatic heterocycles. The highest BCUT2D eigenvalue weighted by Crippen LogP contribution is 2.36. The van der Waals surface area contributed by atoms with E-state index in [9.17, 15) is 19.2 Å². The molecule has 0 N–H and O–H groups in total. The lowest BCUT2D eigenvalue weighted by molar-refractivity contribution is 0.0605. The molecule has 0 aromatic heterocycles. The molecule has 190 valence electrons. The SMILES string of the molecule is O=C1c2cccc3c(Cl)ccc(c23)C(=O)N1CCSSCCN1C(=O)c2cccc3c(Cl)ccc(c23)C1=O. The van der Waals surface area contributed by atoms with E-state index >= 15 is 0 Å². The largest absolute Gasteiger partial charge is 0.273 e. The van der Waals surface area contributed by atoms with E-state index in [-0.39, 0.29) is 36.7 Å². The summed E-state index contributed by atoms with van der Waals surface area (Å²) >= 11 is 12.6. The monoisotopic (exact) mass is 580 g/mol. The Kier molecular flexibility index (Phi) is 6.60. The molecule has 2 aliphatic rings. The van der Waals surface area contributed by atoms with E-state index in [0.29, 0.717) is 65.3 Å². The number of nitrogens with zero attached hydrogens (tertiary/aromatic N) is 2. The fraction of sp³-hybridized carbons (Fsp3) is 0.143. The molecular weight excluding hydrogens is 563 g/mol. The Labute approximate surface area is 235 Å². The Morgan fingerprint density at radius 3 is 1.29 bits per heavy atom. The third-order valence-electron chi connectivity index (χ3n) is 6.76. The summed E-state index contributed by atoms with van der Waals surface area (Å²) in [6, 6.07) is 17.2. The van der Waals surface area contributed by atoms with Gasteiger partial charge in [-0.1, -0.05) is 69.1 Å². The molecule has 6 nitrogen and oxygen atoms in total. The van der Waals surface area contributed by atoms with Crippen LogP contribution in [0, 0.1) is 0 Å². The maximum Gasteiger partial charge on any atom is 0.261 e. The minimum atomic E-state index is -0.335. The van der Waals surface area contributed by atoms with Crippen molar-refractivity contribution < 1.29 is 19.2 Å². The smallest absolute Gasteiger partial charge is 0.261 e. The van der Waals surface area contributed by atoms with Crippen molar-refractivity contribution in [3.8, 4) is 0 Å². The average Bonchev–Trinajstić information content (AvgIpc) is 2.92. The molecule has 0 radical (unpaired) electrons. The fourth-order valence-electron chi connectivity index (χ4n) is 5.00. The van der Waals surface area contributed by atoms with E-state index in [2.05, 4.69) is 0 Å². The van der Waals surface area contributed by atoms with Crippen LogP contribution in [0.5, 0.6) is 0 Å². The molecule has 0 unspecified atom stereocenters. The summed E-state index contributed by atoms with van der Waals surface area (Å²) < 4.78 is 0. The molecule has 0 bridgehead atoms. The zero-order valence-corrected chi connectivity index (χ0v) is 22.8.